The van der Waals surface area contributed by atoms with E-state index in [9.17, 15) is 14.0 Å². The lowest BCUT2D eigenvalue weighted by Gasteiger charge is -2.12. The topological polar surface area (TPSA) is 76.7 Å². The van der Waals surface area contributed by atoms with Crippen LogP contribution in [0.25, 0.3) is 0 Å². The van der Waals surface area contributed by atoms with E-state index in [-0.39, 0.29) is 15.6 Å². The second kappa shape index (κ2) is 8.48. The predicted molar refractivity (Wildman–Crippen MR) is 93.2 cm³/mol. The van der Waals surface area contributed by atoms with Gasteiger partial charge in [0.25, 0.3) is 11.8 Å². The molecular weight excluding hydrogens is 395 g/mol. The summed E-state index contributed by atoms with van der Waals surface area (Å²) in [5.41, 5.74) is 5.03. The van der Waals surface area contributed by atoms with Crippen molar-refractivity contribution in [2.45, 2.75) is 6.92 Å². The van der Waals surface area contributed by atoms with E-state index in [1.807, 2.05) is 6.92 Å². The molecule has 2 N–H and O–H groups in total. The molecule has 0 saturated carbocycles. The normalized spacial score (nSPS) is 10.1. The number of hydrogen-bond donors (Lipinski definition) is 2. The van der Waals surface area contributed by atoms with Crippen LogP contribution >= 0.6 is 15.9 Å². The maximum absolute atomic E-state index is 13.1. The van der Waals surface area contributed by atoms with Crippen molar-refractivity contribution < 1.29 is 23.5 Å². The maximum Gasteiger partial charge on any atom is 0.270 e. The Morgan fingerprint density at radius 2 is 1.80 bits per heavy atom. The zero-order chi connectivity index (χ0) is 18.4. The average molecular weight is 411 g/mol. The summed E-state index contributed by atoms with van der Waals surface area (Å²) in [6.45, 7) is 2.30. The molecule has 0 unspecified atom stereocenters. The second-order valence-electron chi connectivity index (χ2n) is 4.83. The molecule has 0 aliphatic carbocycles. The van der Waals surface area contributed by atoms with E-state index < -0.39 is 17.6 Å². The molecule has 0 aromatic heterocycles. The number of carbonyl (C=O) groups is 2. The molecule has 2 aromatic carbocycles. The maximum atomic E-state index is 13.1. The van der Waals surface area contributed by atoms with E-state index >= 15 is 0 Å². The van der Waals surface area contributed by atoms with Crippen molar-refractivity contribution in [3.8, 4) is 11.5 Å². The van der Waals surface area contributed by atoms with Crippen molar-refractivity contribution in [1.29, 1.82) is 0 Å². The standard InChI is InChI=1S/C17H16BrFN2O4/c1-3-25-14-7-4-10(8-15(14)24-2)16(22)20-21-17(23)12-6-5-11(19)9-13(12)18/h4-9H,3H2,1-2H3,(H,20,22)(H,21,23). The smallest absolute Gasteiger partial charge is 0.270 e. The molecule has 25 heavy (non-hydrogen) atoms. The van der Waals surface area contributed by atoms with Crippen LogP contribution in [-0.4, -0.2) is 25.5 Å². The highest BCUT2D eigenvalue weighted by Gasteiger charge is 2.14. The number of hydrazine groups is 1. The number of ether oxygens (including phenoxy) is 2. The lowest BCUT2D eigenvalue weighted by Crippen LogP contribution is -2.41. The van der Waals surface area contributed by atoms with Crippen LogP contribution in [0.3, 0.4) is 0 Å². The van der Waals surface area contributed by atoms with E-state index in [1.54, 1.807) is 12.1 Å². The number of methoxy groups -OCH3 is 1. The Morgan fingerprint density at radius 1 is 1.08 bits per heavy atom. The Labute approximate surface area is 152 Å². The Morgan fingerprint density at radius 3 is 2.44 bits per heavy atom. The summed E-state index contributed by atoms with van der Waals surface area (Å²) in [6.07, 6.45) is 0. The summed E-state index contributed by atoms with van der Waals surface area (Å²) in [5.74, 6) is -0.678. The molecule has 2 aromatic rings. The molecular formula is C17H16BrFN2O4. The summed E-state index contributed by atoms with van der Waals surface area (Å²) in [6, 6.07) is 8.27. The van der Waals surface area contributed by atoms with Crippen LogP contribution < -0.4 is 20.3 Å². The summed E-state index contributed by atoms with van der Waals surface area (Å²) >= 11 is 3.10. The Hall–Kier alpha value is -2.61. The van der Waals surface area contributed by atoms with Gasteiger partial charge in [0.15, 0.2) is 11.5 Å². The molecule has 0 aliphatic rings. The van der Waals surface area contributed by atoms with Crippen molar-refractivity contribution in [1.82, 2.24) is 10.9 Å². The van der Waals surface area contributed by atoms with E-state index in [1.165, 1.54) is 19.2 Å². The molecule has 0 bridgehead atoms. The van der Waals surface area contributed by atoms with Gasteiger partial charge in [0.1, 0.15) is 5.82 Å². The van der Waals surface area contributed by atoms with Crippen LogP contribution in [0.15, 0.2) is 40.9 Å². The average Bonchev–Trinajstić information content (AvgIpc) is 2.60. The molecule has 8 heteroatoms. The van der Waals surface area contributed by atoms with Gasteiger partial charge < -0.3 is 9.47 Å². The third-order valence-corrected chi connectivity index (χ3v) is 3.85. The van der Waals surface area contributed by atoms with E-state index in [2.05, 4.69) is 26.8 Å². The SMILES string of the molecule is CCOc1ccc(C(=O)NNC(=O)c2ccc(F)cc2Br)cc1OC. The van der Waals surface area contributed by atoms with Crippen molar-refractivity contribution in [3.05, 3.63) is 57.8 Å². The first kappa shape index (κ1) is 18.7. The fourth-order valence-electron chi connectivity index (χ4n) is 2.01. The molecule has 0 saturated heterocycles. The number of amides is 2. The second-order valence-corrected chi connectivity index (χ2v) is 5.69. The molecule has 0 heterocycles. The van der Waals surface area contributed by atoms with Gasteiger partial charge in [-0.3, -0.25) is 20.4 Å². The van der Waals surface area contributed by atoms with Crippen LogP contribution in [0.5, 0.6) is 11.5 Å². The predicted octanol–water partition coefficient (Wildman–Crippen LogP) is 3.07. The first-order valence-electron chi connectivity index (χ1n) is 7.32. The molecule has 0 radical (unpaired) electrons. The van der Waals surface area contributed by atoms with Crippen molar-refractivity contribution in [3.63, 3.8) is 0 Å². The van der Waals surface area contributed by atoms with Gasteiger partial charge in [-0.1, -0.05) is 0 Å². The highest BCUT2D eigenvalue weighted by molar-refractivity contribution is 9.10. The lowest BCUT2D eigenvalue weighted by molar-refractivity contribution is 0.0846. The highest BCUT2D eigenvalue weighted by Crippen LogP contribution is 2.28. The summed E-state index contributed by atoms with van der Waals surface area (Å²) in [5, 5.41) is 0. The van der Waals surface area contributed by atoms with Crippen molar-refractivity contribution in [2.75, 3.05) is 13.7 Å². The van der Waals surface area contributed by atoms with Gasteiger partial charge in [0.05, 0.1) is 19.3 Å². The first-order chi connectivity index (χ1) is 12.0. The van der Waals surface area contributed by atoms with Gasteiger partial charge >= 0.3 is 0 Å². The minimum atomic E-state index is -0.585. The van der Waals surface area contributed by atoms with Gasteiger partial charge in [-0.2, -0.15) is 0 Å². The fourth-order valence-corrected chi connectivity index (χ4v) is 2.54. The molecule has 0 atom stereocenters. The van der Waals surface area contributed by atoms with Crippen LogP contribution in [0.4, 0.5) is 4.39 Å². The van der Waals surface area contributed by atoms with E-state index in [4.69, 9.17) is 9.47 Å². The van der Waals surface area contributed by atoms with Gasteiger partial charge in [-0.25, -0.2) is 4.39 Å². The zero-order valence-electron chi connectivity index (χ0n) is 13.6. The minimum Gasteiger partial charge on any atom is -0.493 e. The third kappa shape index (κ3) is 4.69. The van der Waals surface area contributed by atoms with Crippen molar-refractivity contribution >= 4 is 27.7 Å². The summed E-state index contributed by atoms with van der Waals surface area (Å²) in [7, 11) is 1.47. The van der Waals surface area contributed by atoms with Crippen LogP contribution in [0, 0.1) is 5.82 Å². The third-order valence-electron chi connectivity index (χ3n) is 3.19. The Kier molecular flexibility index (Phi) is 6.35. The fraction of sp³-hybridized carbons (Fsp3) is 0.176. The zero-order valence-corrected chi connectivity index (χ0v) is 15.1. The molecule has 0 aliphatic heterocycles. The largest absolute Gasteiger partial charge is 0.493 e. The number of hydrogen-bond acceptors (Lipinski definition) is 4. The van der Waals surface area contributed by atoms with E-state index in [0.29, 0.717) is 18.1 Å². The number of halogens is 2. The van der Waals surface area contributed by atoms with Gasteiger partial charge in [-0.15, -0.1) is 0 Å². The minimum absolute atomic E-state index is 0.186. The molecule has 132 valence electrons. The van der Waals surface area contributed by atoms with Crippen LogP contribution in [-0.2, 0) is 0 Å². The molecule has 2 amide bonds. The number of rotatable bonds is 5. The summed E-state index contributed by atoms with van der Waals surface area (Å²) < 4.78 is 23.9. The lowest BCUT2D eigenvalue weighted by atomic mass is 10.2. The van der Waals surface area contributed by atoms with E-state index in [0.717, 1.165) is 12.1 Å². The number of nitrogens with one attached hydrogen (secondary N) is 2. The number of carbonyl (C=O) groups excluding carboxylic acids is 2. The molecule has 0 fully saturated rings. The van der Waals surface area contributed by atoms with Gasteiger partial charge in [0, 0.05) is 10.0 Å². The Bertz CT molecular complexity index is 798. The van der Waals surface area contributed by atoms with Gasteiger partial charge in [-0.05, 0) is 59.3 Å². The Balaban J connectivity index is 2.05. The summed E-state index contributed by atoms with van der Waals surface area (Å²) in [4.78, 5) is 24.2. The first-order valence-corrected chi connectivity index (χ1v) is 8.12. The number of benzene rings is 2. The van der Waals surface area contributed by atoms with Gasteiger partial charge in [0.2, 0.25) is 0 Å². The molecule has 2 rings (SSSR count). The van der Waals surface area contributed by atoms with Crippen LogP contribution in [0.1, 0.15) is 27.6 Å². The highest BCUT2D eigenvalue weighted by atomic mass is 79.9. The monoisotopic (exact) mass is 410 g/mol. The molecule has 0 spiro atoms. The van der Waals surface area contributed by atoms with Crippen LogP contribution in [0.2, 0.25) is 0 Å². The quantitative estimate of drug-likeness (QED) is 0.742. The molecule has 6 nitrogen and oxygen atoms in total. The van der Waals surface area contributed by atoms with Crippen molar-refractivity contribution in [2.24, 2.45) is 0 Å².